The molecule has 1 saturated carbocycles. The molecule has 1 aliphatic carbocycles. The summed E-state index contributed by atoms with van der Waals surface area (Å²) in [6.07, 6.45) is 3.18. The molecule has 1 aromatic heterocycles. The van der Waals surface area contributed by atoms with Crippen molar-refractivity contribution in [1.29, 1.82) is 0 Å². The number of hydrogen-bond donors (Lipinski definition) is 1. The number of hydrogen-bond acceptors (Lipinski definition) is 5. The average molecular weight is 277 g/mol. The second-order valence-electron chi connectivity index (χ2n) is 4.83. The van der Waals surface area contributed by atoms with Crippen LogP contribution >= 0.6 is 0 Å². The van der Waals surface area contributed by atoms with Crippen molar-refractivity contribution in [2.45, 2.75) is 25.3 Å². The quantitative estimate of drug-likeness (QED) is 0.877. The number of nitrogens with zero attached hydrogens (tertiary/aromatic N) is 2. The zero-order chi connectivity index (χ0) is 13.9. The molecule has 1 N–H and O–H groups in total. The number of rotatable bonds is 6. The van der Waals surface area contributed by atoms with Gasteiger partial charge in [-0.15, -0.1) is 10.2 Å². The lowest BCUT2D eigenvalue weighted by Crippen LogP contribution is -2.19. The van der Waals surface area contributed by atoms with Gasteiger partial charge in [0.2, 0.25) is 11.8 Å². The Hall–Kier alpha value is -1.95. The van der Waals surface area contributed by atoms with Gasteiger partial charge in [-0.05, 0) is 31.0 Å². The van der Waals surface area contributed by atoms with Gasteiger partial charge in [-0.25, -0.2) is 4.39 Å². The largest absolute Gasteiger partial charge is 0.494 e. The van der Waals surface area contributed by atoms with Crippen molar-refractivity contribution in [2.75, 3.05) is 13.7 Å². The van der Waals surface area contributed by atoms with Crippen molar-refractivity contribution in [3.05, 3.63) is 29.9 Å². The highest BCUT2D eigenvalue weighted by molar-refractivity contribution is 5.54. The van der Waals surface area contributed by atoms with Gasteiger partial charge in [0.25, 0.3) is 0 Å². The van der Waals surface area contributed by atoms with Gasteiger partial charge in [-0.1, -0.05) is 0 Å². The lowest BCUT2D eigenvalue weighted by Gasteiger charge is -2.02. The molecule has 0 radical (unpaired) electrons. The Kier molecular flexibility index (Phi) is 3.64. The number of nitrogens with one attached hydrogen (secondary N) is 1. The normalized spacial score (nSPS) is 14.5. The fourth-order valence-electron chi connectivity index (χ4n) is 1.94. The Bertz CT molecular complexity index is 596. The van der Waals surface area contributed by atoms with E-state index in [2.05, 4.69) is 15.5 Å². The van der Waals surface area contributed by atoms with Crippen LogP contribution in [-0.4, -0.2) is 29.9 Å². The molecule has 0 saturated heterocycles. The van der Waals surface area contributed by atoms with E-state index in [1.165, 1.54) is 26.0 Å². The lowest BCUT2D eigenvalue weighted by atomic mass is 10.2. The summed E-state index contributed by atoms with van der Waals surface area (Å²) < 4.78 is 24.0. The molecule has 1 heterocycles. The number of aromatic nitrogens is 2. The molecular formula is C14H16FN3O2. The average Bonchev–Trinajstić information content (AvgIpc) is 3.15. The van der Waals surface area contributed by atoms with Gasteiger partial charge in [-0.2, -0.15) is 0 Å². The third-order valence-corrected chi connectivity index (χ3v) is 3.21. The van der Waals surface area contributed by atoms with Gasteiger partial charge < -0.3 is 14.5 Å². The number of halogens is 1. The summed E-state index contributed by atoms with van der Waals surface area (Å²) in [5.41, 5.74) is 0.553. The van der Waals surface area contributed by atoms with E-state index >= 15 is 0 Å². The molecule has 0 aliphatic heterocycles. The minimum absolute atomic E-state index is 0.196. The number of benzene rings is 1. The molecule has 2 aromatic rings. The number of methoxy groups -OCH3 is 1. The van der Waals surface area contributed by atoms with Gasteiger partial charge in [0.05, 0.1) is 7.11 Å². The summed E-state index contributed by atoms with van der Waals surface area (Å²) in [4.78, 5) is 0. The molecule has 0 amide bonds. The Balaban J connectivity index is 1.67. The highest BCUT2D eigenvalue weighted by Gasteiger charge is 2.20. The molecule has 6 heteroatoms. The summed E-state index contributed by atoms with van der Waals surface area (Å²) in [7, 11) is 1.43. The fourth-order valence-corrected chi connectivity index (χ4v) is 1.94. The van der Waals surface area contributed by atoms with E-state index in [4.69, 9.17) is 9.15 Å². The first-order valence-electron chi connectivity index (χ1n) is 6.66. The van der Waals surface area contributed by atoms with E-state index in [0.29, 0.717) is 29.8 Å². The monoisotopic (exact) mass is 277 g/mol. The molecule has 0 bridgehead atoms. The van der Waals surface area contributed by atoms with Crippen LogP contribution in [0.2, 0.25) is 0 Å². The van der Waals surface area contributed by atoms with E-state index in [1.807, 2.05) is 0 Å². The second-order valence-corrected chi connectivity index (χ2v) is 4.83. The third kappa shape index (κ3) is 2.96. The van der Waals surface area contributed by atoms with E-state index in [1.54, 1.807) is 12.1 Å². The summed E-state index contributed by atoms with van der Waals surface area (Å²) in [6.45, 7) is 0.823. The summed E-state index contributed by atoms with van der Waals surface area (Å²) in [6, 6.07) is 5.23. The Morgan fingerprint density at radius 3 is 2.95 bits per heavy atom. The summed E-state index contributed by atoms with van der Waals surface area (Å²) in [5.74, 6) is 0.639. The molecule has 1 aromatic carbocycles. The standard InChI is InChI=1S/C14H16FN3O2/c1-19-12-5-2-9(8-11(12)15)14-18-17-13(20-14)6-7-16-10-3-4-10/h2,5,8,10,16H,3-4,6-7H2,1H3. The van der Waals surface area contributed by atoms with E-state index in [9.17, 15) is 4.39 Å². The predicted octanol–water partition coefficient (Wildman–Crippen LogP) is 2.18. The van der Waals surface area contributed by atoms with Crippen LogP contribution in [0.25, 0.3) is 11.5 Å². The molecule has 106 valence electrons. The maximum absolute atomic E-state index is 13.6. The van der Waals surface area contributed by atoms with Gasteiger partial charge >= 0.3 is 0 Å². The summed E-state index contributed by atoms with van der Waals surface area (Å²) in [5, 5.41) is 11.3. The molecule has 0 atom stereocenters. The number of ether oxygens (including phenoxy) is 1. The molecular weight excluding hydrogens is 261 g/mol. The van der Waals surface area contributed by atoms with Crippen molar-refractivity contribution in [3.8, 4) is 17.2 Å². The molecule has 0 unspecified atom stereocenters. The second kappa shape index (κ2) is 5.58. The molecule has 1 aliphatic rings. The van der Waals surface area contributed by atoms with Crippen LogP contribution < -0.4 is 10.1 Å². The van der Waals surface area contributed by atoms with Gasteiger partial charge in [0, 0.05) is 24.6 Å². The van der Waals surface area contributed by atoms with E-state index in [-0.39, 0.29) is 5.75 Å². The Morgan fingerprint density at radius 1 is 1.40 bits per heavy atom. The first-order chi connectivity index (χ1) is 9.76. The van der Waals surface area contributed by atoms with Crippen LogP contribution in [0.1, 0.15) is 18.7 Å². The van der Waals surface area contributed by atoms with E-state index in [0.717, 1.165) is 6.54 Å². The molecule has 3 rings (SSSR count). The maximum Gasteiger partial charge on any atom is 0.247 e. The van der Waals surface area contributed by atoms with Crippen LogP contribution in [-0.2, 0) is 6.42 Å². The van der Waals surface area contributed by atoms with Crippen molar-refractivity contribution in [1.82, 2.24) is 15.5 Å². The van der Waals surface area contributed by atoms with Gasteiger partial charge in [-0.3, -0.25) is 0 Å². The fraction of sp³-hybridized carbons (Fsp3) is 0.429. The van der Waals surface area contributed by atoms with Crippen molar-refractivity contribution < 1.29 is 13.5 Å². The van der Waals surface area contributed by atoms with E-state index < -0.39 is 5.82 Å². The zero-order valence-corrected chi connectivity index (χ0v) is 11.2. The maximum atomic E-state index is 13.6. The molecule has 1 fully saturated rings. The minimum atomic E-state index is -0.444. The lowest BCUT2D eigenvalue weighted by molar-refractivity contribution is 0.386. The van der Waals surface area contributed by atoms with Crippen LogP contribution in [0, 0.1) is 5.82 Å². The summed E-state index contributed by atoms with van der Waals surface area (Å²) >= 11 is 0. The zero-order valence-electron chi connectivity index (χ0n) is 11.2. The van der Waals surface area contributed by atoms with Gasteiger partial charge in [0.1, 0.15) is 0 Å². The van der Waals surface area contributed by atoms with Crippen molar-refractivity contribution in [2.24, 2.45) is 0 Å². The Labute approximate surface area is 116 Å². The van der Waals surface area contributed by atoms with Crippen LogP contribution in [0.3, 0.4) is 0 Å². The first kappa shape index (κ1) is 13.1. The van der Waals surface area contributed by atoms with Crippen molar-refractivity contribution >= 4 is 0 Å². The predicted molar refractivity (Wildman–Crippen MR) is 71.0 cm³/mol. The third-order valence-electron chi connectivity index (χ3n) is 3.21. The highest BCUT2D eigenvalue weighted by atomic mass is 19.1. The first-order valence-corrected chi connectivity index (χ1v) is 6.66. The molecule has 0 spiro atoms. The van der Waals surface area contributed by atoms with Crippen LogP contribution in [0.15, 0.2) is 22.6 Å². The van der Waals surface area contributed by atoms with Crippen LogP contribution in [0.4, 0.5) is 4.39 Å². The molecule has 20 heavy (non-hydrogen) atoms. The van der Waals surface area contributed by atoms with Crippen LogP contribution in [0.5, 0.6) is 5.75 Å². The van der Waals surface area contributed by atoms with Gasteiger partial charge in [0.15, 0.2) is 11.6 Å². The topological polar surface area (TPSA) is 60.2 Å². The molecule has 5 nitrogen and oxygen atoms in total. The van der Waals surface area contributed by atoms with Crippen molar-refractivity contribution in [3.63, 3.8) is 0 Å². The minimum Gasteiger partial charge on any atom is -0.494 e. The smallest absolute Gasteiger partial charge is 0.247 e. The Morgan fingerprint density at radius 2 is 2.25 bits per heavy atom. The highest BCUT2D eigenvalue weighted by Crippen LogP contribution is 2.24. The SMILES string of the molecule is COc1ccc(-c2nnc(CCNC3CC3)o2)cc1F.